The number of hydrogen-bond donors (Lipinski definition) is 2. The number of nitrogens with two attached hydrogens (primary N) is 1. The summed E-state index contributed by atoms with van der Waals surface area (Å²) in [5.41, 5.74) is 7.11. The molecule has 2 aliphatic heterocycles. The Morgan fingerprint density at radius 2 is 2.00 bits per heavy atom. The lowest BCUT2D eigenvalue weighted by Crippen LogP contribution is -2.46. The lowest BCUT2D eigenvalue weighted by atomic mass is 9.72. The van der Waals surface area contributed by atoms with Gasteiger partial charge >= 0.3 is 0 Å². The second-order valence-electron chi connectivity index (χ2n) is 7.31. The summed E-state index contributed by atoms with van der Waals surface area (Å²) in [5.74, 6) is 2.56. The van der Waals surface area contributed by atoms with Gasteiger partial charge in [-0.05, 0) is 50.2 Å². The summed E-state index contributed by atoms with van der Waals surface area (Å²) in [6.07, 6.45) is 6.80. The highest BCUT2D eigenvalue weighted by atomic mass is 16.5. The van der Waals surface area contributed by atoms with Crippen LogP contribution in [0.25, 0.3) is 0 Å². The van der Waals surface area contributed by atoms with E-state index in [9.17, 15) is 0 Å². The molecule has 1 spiro atoms. The maximum atomic E-state index is 6.08. The molecule has 1 aromatic carbocycles. The minimum absolute atomic E-state index is 0.162. The van der Waals surface area contributed by atoms with E-state index in [4.69, 9.17) is 19.9 Å². The highest BCUT2D eigenvalue weighted by Gasteiger charge is 2.42. The first-order valence-corrected chi connectivity index (χ1v) is 9.33. The van der Waals surface area contributed by atoms with E-state index >= 15 is 0 Å². The fourth-order valence-electron chi connectivity index (χ4n) is 3.86. The average Bonchev–Trinajstić information content (AvgIpc) is 2.84. The van der Waals surface area contributed by atoms with Crippen molar-refractivity contribution in [1.82, 2.24) is 0 Å². The molecule has 136 valence electrons. The van der Waals surface area contributed by atoms with E-state index in [-0.39, 0.29) is 5.60 Å². The van der Waals surface area contributed by atoms with E-state index < -0.39 is 0 Å². The molecule has 0 aromatic heterocycles. The van der Waals surface area contributed by atoms with E-state index in [0.717, 1.165) is 49.6 Å². The summed E-state index contributed by atoms with van der Waals surface area (Å²) >= 11 is 0. The van der Waals surface area contributed by atoms with E-state index in [1.54, 1.807) is 0 Å². The number of anilines is 1. The van der Waals surface area contributed by atoms with Crippen LogP contribution in [0.4, 0.5) is 5.69 Å². The number of nitrogens with zero attached hydrogens (tertiary/aromatic N) is 1. The molecule has 6 nitrogen and oxygen atoms in total. The molecule has 1 aliphatic carbocycles. The van der Waals surface area contributed by atoms with Crippen molar-refractivity contribution >= 4 is 11.6 Å². The van der Waals surface area contributed by atoms with E-state index in [2.05, 4.69) is 10.3 Å². The molecule has 6 heteroatoms. The zero-order chi connectivity index (χ0) is 17.1. The second kappa shape index (κ2) is 7.12. The zero-order valence-corrected chi connectivity index (χ0v) is 14.6. The van der Waals surface area contributed by atoms with Gasteiger partial charge in [-0.15, -0.1) is 0 Å². The Labute approximate surface area is 148 Å². The van der Waals surface area contributed by atoms with Gasteiger partial charge in [0.05, 0.1) is 18.8 Å². The molecule has 2 fully saturated rings. The minimum atomic E-state index is 0.162. The van der Waals surface area contributed by atoms with Gasteiger partial charge in [-0.25, -0.2) is 0 Å². The van der Waals surface area contributed by atoms with Crippen molar-refractivity contribution in [1.29, 1.82) is 0 Å². The van der Waals surface area contributed by atoms with E-state index in [0.29, 0.717) is 25.1 Å². The Morgan fingerprint density at radius 1 is 1.16 bits per heavy atom. The first kappa shape index (κ1) is 16.5. The third-order valence-electron chi connectivity index (χ3n) is 5.40. The SMILES string of the molecule is NC(=NCC1CCOC2(CCC2)C1)Nc1ccc2c(c1)OCCCO2. The number of ether oxygens (including phenoxy) is 3. The molecule has 0 bridgehead atoms. The first-order valence-electron chi connectivity index (χ1n) is 9.33. The van der Waals surface area contributed by atoms with Gasteiger partial charge in [0.25, 0.3) is 0 Å². The van der Waals surface area contributed by atoms with Crippen molar-refractivity contribution in [2.24, 2.45) is 16.6 Å². The van der Waals surface area contributed by atoms with Crippen molar-refractivity contribution in [2.75, 3.05) is 31.7 Å². The molecule has 1 atom stereocenters. The molecule has 4 rings (SSSR count). The third-order valence-corrected chi connectivity index (χ3v) is 5.40. The Hall–Kier alpha value is -1.95. The van der Waals surface area contributed by atoms with Gasteiger partial charge in [-0.2, -0.15) is 0 Å². The maximum absolute atomic E-state index is 6.08. The predicted molar refractivity (Wildman–Crippen MR) is 97.4 cm³/mol. The van der Waals surface area contributed by atoms with Gasteiger partial charge in [0, 0.05) is 31.3 Å². The molecule has 1 unspecified atom stereocenters. The molecule has 2 heterocycles. The number of fused-ring (bicyclic) bond motifs is 1. The van der Waals surface area contributed by atoms with Crippen molar-refractivity contribution in [3.8, 4) is 11.5 Å². The van der Waals surface area contributed by atoms with Crippen LogP contribution < -0.4 is 20.5 Å². The van der Waals surface area contributed by atoms with Crippen molar-refractivity contribution < 1.29 is 14.2 Å². The van der Waals surface area contributed by atoms with Crippen LogP contribution in [0.15, 0.2) is 23.2 Å². The topological polar surface area (TPSA) is 78.1 Å². The summed E-state index contributed by atoms with van der Waals surface area (Å²) < 4.78 is 17.3. The van der Waals surface area contributed by atoms with E-state index in [1.165, 1.54) is 19.3 Å². The third kappa shape index (κ3) is 3.84. The summed E-state index contributed by atoms with van der Waals surface area (Å²) in [6, 6.07) is 5.77. The molecular formula is C19H27N3O3. The number of guanidine groups is 1. The fourth-order valence-corrected chi connectivity index (χ4v) is 3.86. The monoisotopic (exact) mass is 345 g/mol. The minimum Gasteiger partial charge on any atom is -0.490 e. The molecule has 3 aliphatic rings. The van der Waals surface area contributed by atoms with Gasteiger partial charge in [-0.3, -0.25) is 4.99 Å². The summed E-state index contributed by atoms with van der Waals surface area (Å²) in [6.45, 7) is 2.98. The van der Waals surface area contributed by atoms with Crippen LogP contribution in [0.2, 0.25) is 0 Å². The molecule has 1 saturated carbocycles. The highest BCUT2D eigenvalue weighted by molar-refractivity contribution is 5.92. The summed E-state index contributed by atoms with van der Waals surface area (Å²) in [5, 5.41) is 3.16. The molecule has 0 amide bonds. The normalized spacial score (nSPS) is 25.1. The Balaban J connectivity index is 1.34. The van der Waals surface area contributed by atoms with Crippen LogP contribution in [0, 0.1) is 5.92 Å². The van der Waals surface area contributed by atoms with Gasteiger partial charge in [0.2, 0.25) is 0 Å². The maximum Gasteiger partial charge on any atom is 0.193 e. The Morgan fingerprint density at radius 3 is 2.80 bits per heavy atom. The van der Waals surface area contributed by atoms with Crippen molar-refractivity contribution in [3.05, 3.63) is 18.2 Å². The van der Waals surface area contributed by atoms with Crippen LogP contribution in [-0.2, 0) is 4.74 Å². The molecule has 1 aromatic rings. The van der Waals surface area contributed by atoms with Crippen LogP contribution in [0.1, 0.15) is 38.5 Å². The predicted octanol–water partition coefficient (Wildman–Crippen LogP) is 2.92. The van der Waals surface area contributed by atoms with Gasteiger partial charge in [-0.1, -0.05) is 0 Å². The number of rotatable bonds is 3. The number of aliphatic imine (C=N–C) groups is 1. The lowest BCUT2D eigenvalue weighted by Gasteiger charge is -2.47. The molecule has 25 heavy (non-hydrogen) atoms. The molecule has 0 radical (unpaired) electrons. The van der Waals surface area contributed by atoms with Gasteiger partial charge < -0.3 is 25.3 Å². The molecular weight excluding hydrogens is 318 g/mol. The standard InChI is InChI=1S/C19H27N3O3/c20-18(21-13-14-5-10-25-19(12-14)6-1-7-19)22-15-3-4-16-17(11-15)24-9-2-8-23-16/h3-4,11,14H,1-2,5-10,12-13H2,(H3,20,21,22). The van der Waals surface area contributed by atoms with Crippen LogP contribution >= 0.6 is 0 Å². The number of hydrogen-bond acceptors (Lipinski definition) is 4. The molecule has 1 saturated heterocycles. The summed E-state index contributed by atoms with van der Waals surface area (Å²) in [4.78, 5) is 4.55. The largest absolute Gasteiger partial charge is 0.490 e. The summed E-state index contributed by atoms with van der Waals surface area (Å²) in [7, 11) is 0. The second-order valence-corrected chi connectivity index (χ2v) is 7.31. The van der Waals surface area contributed by atoms with Crippen LogP contribution in [0.5, 0.6) is 11.5 Å². The Bertz CT molecular complexity index is 643. The number of nitrogens with one attached hydrogen (secondary N) is 1. The highest BCUT2D eigenvalue weighted by Crippen LogP contribution is 2.44. The Kier molecular flexibility index (Phi) is 4.70. The van der Waals surface area contributed by atoms with E-state index in [1.807, 2.05) is 18.2 Å². The van der Waals surface area contributed by atoms with Crippen molar-refractivity contribution in [3.63, 3.8) is 0 Å². The zero-order valence-electron chi connectivity index (χ0n) is 14.6. The fraction of sp³-hybridized carbons (Fsp3) is 0.632. The van der Waals surface area contributed by atoms with Crippen molar-refractivity contribution in [2.45, 2.75) is 44.1 Å². The lowest BCUT2D eigenvalue weighted by molar-refractivity contribution is -0.141. The first-order chi connectivity index (χ1) is 12.2. The quantitative estimate of drug-likeness (QED) is 0.650. The number of benzene rings is 1. The molecule has 3 N–H and O–H groups in total. The average molecular weight is 345 g/mol. The van der Waals surface area contributed by atoms with Gasteiger partial charge in [0.1, 0.15) is 0 Å². The van der Waals surface area contributed by atoms with Crippen LogP contribution in [-0.4, -0.2) is 37.9 Å². The van der Waals surface area contributed by atoms with Crippen LogP contribution in [0.3, 0.4) is 0 Å². The van der Waals surface area contributed by atoms with Gasteiger partial charge in [0.15, 0.2) is 17.5 Å². The smallest absolute Gasteiger partial charge is 0.193 e.